The third-order valence-electron chi connectivity index (χ3n) is 3.06. The lowest BCUT2D eigenvalue weighted by Crippen LogP contribution is -2.03. The van der Waals surface area contributed by atoms with Crippen molar-refractivity contribution in [1.82, 2.24) is 0 Å². The molecule has 8 heavy (non-hydrogen) atoms. The highest BCUT2D eigenvalue weighted by Crippen LogP contribution is 2.57. The summed E-state index contributed by atoms with van der Waals surface area (Å²) in [5, 5.41) is 8.81. The molecule has 0 amide bonds. The van der Waals surface area contributed by atoms with Gasteiger partial charge in [0.15, 0.2) is 0 Å². The molecule has 0 aromatic rings. The van der Waals surface area contributed by atoms with Crippen molar-refractivity contribution in [3.63, 3.8) is 0 Å². The lowest BCUT2D eigenvalue weighted by Gasteiger charge is -2.01. The Labute approximate surface area is 50.7 Å². The van der Waals surface area contributed by atoms with Crippen LogP contribution in [0.3, 0.4) is 0 Å². The first-order valence-corrected chi connectivity index (χ1v) is 3.24. The van der Waals surface area contributed by atoms with Gasteiger partial charge in [-0.2, -0.15) is 0 Å². The van der Waals surface area contributed by atoms with Crippen LogP contribution in [0.15, 0.2) is 0 Å². The Balaban J connectivity index is 2.50. The van der Waals surface area contributed by atoms with Gasteiger partial charge >= 0.3 is 0 Å². The molecule has 0 aromatic carbocycles. The average Bonchev–Trinajstić information content (AvgIpc) is 2.22. The molecule has 0 radical (unpaired) electrons. The molecule has 1 rings (SSSR count). The highest BCUT2D eigenvalue weighted by Gasteiger charge is 2.54. The van der Waals surface area contributed by atoms with Crippen LogP contribution in [0.2, 0.25) is 0 Å². The molecule has 0 heterocycles. The van der Waals surface area contributed by atoms with Crippen LogP contribution in [0.25, 0.3) is 0 Å². The fraction of sp³-hybridized carbons (Fsp3) is 1.00. The predicted molar refractivity (Wildman–Crippen MR) is 33.5 cm³/mol. The zero-order chi connectivity index (χ0) is 6.36. The molecular formula is C7H14O. The molecule has 1 aliphatic rings. The summed E-state index contributed by atoms with van der Waals surface area (Å²) in [6.45, 7) is 6.89. The number of hydrogen-bond donors (Lipinski definition) is 1. The standard InChI is InChI=1S/C7H14O/c1-5-6(2)7(5,3)4-8/h5-6,8H,4H2,1-3H3. The van der Waals surface area contributed by atoms with Crippen LogP contribution in [0.5, 0.6) is 0 Å². The molecule has 0 aliphatic heterocycles. The van der Waals surface area contributed by atoms with E-state index in [-0.39, 0.29) is 5.41 Å². The summed E-state index contributed by atoms with van der Waals surface area (Å²) in [4.78, 5) is 0. The molecule has 2 atom stereocenters. The van der Waals surface area contributed by atoms with Gasteiger partial charge in [0.25, 0.3) is 0 Å². The van der Waals surface area contributed by atoms with E-state index in [0.29, 0.717) is 6.61 Å². The lowest BCUT2D eigenvalue weighted by molar-refractivity contribution is 0.206. The van der Waals surface area contributed by atoms with Gasteiger partial charge in [-0.1, -0.05) is 20.8 Å². The minimum absolute atomic E-state index is 0.264. The summed E-state index contributed by atoms with van der Waals surface area (Å²) in [6, 6.07) is 0. The van der Waals surface area contributed by atoms with Gasteiger partial charge < -0.3 is 5.11 Å². The topological polar surface area (TPSA) is 20.2 Å². The lowest BCUT2D eigenvalue weighted by atomic mass is 10.1. The van der Waals surface area contributed by atoms with Crippen LogP contribution in [-0.4, -0.2) is 11.7 Å². The fourth-order valence-corrected chi connectivity index (χ4v) is 1.36. The van der Waals surface area contributed by atoms with Gasteiger partial charge in [0, 0.05) is 6.61 Å². The van der Waals surface area contributed by atoms with Gasteiger partial charge in [-0.15, -0.1) is 0 Å². The van der Waals surface area contributed by atoms with Crippen molar-refractivity contribution in [2.75, 3.05) is 6.61 Å². The summed E-state index contributed by atoms with van der Waals surface area (Å²) in [5.41, 5.74) is 0.264. The number of rotatable bonds is 1. The molecule has 0 spiro atoms. The van der Waals surface area contributed by atoms with Gasteiger partial charge in [0.2, 0.25) is 0 Å². The van der Waals surface area contributed by atoms with E-state index in [0.717, 1.165) is 11.8 Å². The molecule has 1 saturated carbocycles. The quantitative estimate of drug-likeness (QED) is 0.544. The second-order valence-electron chi connectivity index (χ2n) is 3.24. The van der Waals surface area contributed by atoms with E-state index < -0.39 is 0 Å². The van der Waals surface area contributed by atoms with Crippen LogP contribution >= 0.6 is 0 Å². The molecule has 1 aliphatic carbocycles. The molecule has 0 aromatic heterocycles. The second kappa shape index (κ2) is 1.47. The van der Waals surface area contributed by atoms with Gasteiger partial charge in [-0.25, -0.2) is 0 Å². The van der Waals surface area contributed by atoms with E-state index in [2.05, 4.69) is 20.8 Å². The number of aliphatic hydroxyl groups excluding tert-OH is 1. The normalized spacial score (nSPS) is 54.0. The smallest absolute Gasteiger partial charge is 0.0490 e. The van der Waals surface area contributed by atoms with Crippen molar-refractivity contribution >= 4 is 0 Å². The molecular weight excluding hydrogens is 100 g/mol. The Hall–Kier alpha value is -0.0400. The second-order valence-corrected chi connectivity index (χ2v) is 3.24. The van der Waals surface area contributed by atoms with E-state index >= 15 is 0 Å². The largest absolute Gasteiger partial charge is 0.396 e. The van der Waals surface area contributed by atoms with Crippen molar-refractivity contribution in [3.8, 4) is 0 Å². The minimum atomic E-state index is 0.264. The highest BCUT2D eigenvalue weighted by atomic mass is 16.3. The molecule has 2 unspecified atom stereocenters. The summed E-state index contributed by atoms with van der Waals surface area (Å²) >= 11 is 0. The van der Waals surface area contributed by atoms with Crippen LogP contribution in [0.1, 0.15) is 20.8 Å². The summed E-state index contributed by atoms with van der Waals surface area (Å²) in [5.74, 6) is 1.46. The van der Waals surface area contributed by atoms with E-state index in [1.165, 1.54) is 0 Å². The van der Waals surface area contributed by atoms with Crippen LogP contribution in [0.4, 0.5) is 0 Å². The van der Waals surface area contributed by atoms with E-state index in [9.17, 15) is 0 Å². The van der Waals surface area contributed by atoms with Crippen molar-refractivity contribution in [1.29, 1.82) is 0 Å². The highest BCUT2D eigenvalue weighted by molar-refractivity contribution is 5.02. The van der Waals surface area contributed by atoms with Crippen molar-refractivity contribution in [3.05, 3.63) is 0 Å². The van der Waals surface area contributed by atoms with Gasteiger partial charge in [0.1, 0.15) is 0 Å². The Bertz CT molecular complexity index is 90.6. The maximum Gasteiger partial charge on any atom is 0.0490 e. The molecule has 1 N–H and O–H groups in total. The monoisotopic (exact) mass is 114 g/mol. The number of hydrogen-bond acceptors (Lipinski definition) is 1. The molecule has 0 saturated heterocycles. The minimum Gasteiger partial charge on any atom is -0.396 e. The fourth-order valence-electron chi connectivity index (χ4n) is 1.36. The predicted octanol–water partition coefficient (Wildman–Crippen LogP) is 1.27. The zero-order valence-corrected chi connectivity index (χ0v) is 5.81. The van der Waals surface area contributed by atoms with Crippen molar-refractivity contribution in [2.24, 2.45) is 17.3 Å². The van der Waals surface area contributed by atoms with Crippen LogP contribution in [-0.2, 0) is 0 Å². The zero-order valence-electron chi connectivity index (χ0n) is 5.81. The van der Waals surface area contributed by atoms with Gasteiger partial charge in [0.05, 0.1) is 0 Å². The number of aliphatic hydroxyl groups is 1. The van der Waals surface area contributed by atoms with Gasteiger partial charge in [-0.3, -0.25) is 0 Å². The first kappa shape index (κ1) is 6.09. The molecule has 48 valence electrons. The van der Waals surface area contributed by atoms with Crippen molar-refractivity contribution in [2.45, 2.75) is 20.8 Å². The van der Waals surface area contributed by atoms with Crippen LogP contribution in [0, 0.1) is 17.3 Å². The molecule has 1 nitrogen and oxygen atoms in total. The van der Waals surface area contributed by atoms with Crippen molar-refractivity contribution < 1.29 is 5.11 Å². The van der Waals surface area contributed by atoms with E-state index in [4.69, 9.17) is 5.11 Å². The first-order valence-electron chi connectivity index (χ1n) is 3.24. The maximum absolute atomic E-state index is 8.81. The van der Waals surface area contributed by atoms with E-state index in [1.807, 2.05) is 0 Å². The molecule has 0 bridgehead atoms. The third kappa shape index (κ3) is 0.510. The molecule has 1 heteroatoms. The van der Waals surface area contributed by atoms with Crippen LogP contribution < -0.4 is 0 Å². The third-order valence-corrected chi connectivity index (χ3v) is 3.06. The summed E-state index contributed by atoms with van der Waals surface area (Å²) < 4.78 is 0. The molecule has 1 fully saturated rings. The van der Waals surface area contributed by atoms with E-state index in [1.54, 1.807) is 0 Å². The Morgan fingerprint density at radius 1 is 1.38 bits per heavy atom. The first-order chi connectivity index (χ1) is 3.63. The Morgan fingerprint density at radius 2 is 1.75 bits per heavy atom. The maximum atomic E-state index is 8.81. The Morgan fingerprint density at radius 3 is 1.75 bits per heavy atom. The SMILES string of the molecule is CC1C(C)C1(C)CO. The van der Waals surface area contributed by atoms with Gasteiger partial charge in [-0.05, 0) is 17.3 Å². The Kier molecular flexibility index (Phi) is 1.12. The summed E-state index contributed by atoms with van der Waals surface area (Å²) in [6.07, 6.45) is 0. The summed E-state index contributed by atoms with van der Waals surface area (Å²) in [7, 11) is 0. The average molecular weight is 114 g/mol.